The first-order valence-corrected chi connectivity index (χ1v) is 4.30. The molecule has 0 radical (unpaired) electrons. The second-order valence-corrected chi connectivity index (χ2v) is 2.95. The van der Waals surface area contributed by atoms with Crippen molar-refractivity contribution < 1.29 is 14.5 Å². The van der Waals surface area contributed by atoms with Gasteiger partial charge in [-0.3, -0.25) is 19.6 Å². The van der Waals surface area contributed by atoms with Gasteiger partial charge in [0.15, 0.2) is 0 Å². The Morgan fingerprint density at radius 2 is 2.40 bits per heavy atom. The number of carbonyl (C=O) groups excluding carboxylic acids is 1. The van der Waals surface area contributed by atoms with Crippen LogP contribution in [0.5, 0.6) is 0 Å². The molecule has 0 N–H and O–H groups in total. The summed E-state index contributed by atoms with van der Waals surface area (Å²) in [6.07, 6.45) is 1.45. The minimum atomic E-state index is -0.503. The molecule has 1 aromatic heterocycles. The second-order valence-electron chi connectivity index (χ2n) is 2.95. The molecular weight excluding hydrogens is 202 g/mol. The largest absolute Gasteiger partial charge is 0.469 e. The van der Waals surface area contributed by atoms with Crippen LogP contribution in [0.15, 0.2) is 6.20 Å². The summed E-state index contributed by atoms with van der Waals surface area (Å²) in [5.41, 5.74) is 0.296. The third-order valence-electron chi connectivity index (χ3n) is 1.89. The van der Waals surface area contributed by atoms with Gasteiger partial charge >= 0.3 is 11.7 Å². The number of hydrogen-bond donors (Lipinski definition) is 0. The van der Waals surface area contributed by atoms with Gasteiger partial charge in [0.1, 0.15) is 11.9 Å². The molecule has 0 atom stereocenters. The van der Waals surface area contributed by atoms with Crippen LogP contribution in [0, 0.1) is 17.0 Å². The molecule has 0 aliphatic carbocycles. The predicted molar refractivity (Wildman–Crippen MR) is 50.3 cm³/mol. The SMILES string of the molecule is COC(=O)CCn1cc([N+](=O)[O-])c(C)n1. The Kier molecular flexibility index (Phi) is 3.37. The summed E-state index contributed by atoms with van der Waals surface area (Å²) in [6.45, 7) is 1.83. The van der Waals surface area contributed by atoms with Gasteiger partial charge in [0.2, 0.25) is 0 Å². The molecule has 0 unspecified atom stereocenters. The van der Waals surface area contributed by atoms with Gasteiger partial charge in [0.25, 0.3) is 0 Å². The number of methoxy groups -OCH3 is 1. The Hall–Kier alpha value is -1.92. The highest BCUT2D eigenvalue weighted by atomic mass is 16.6. The Balaban J connectivity index is 2.67. The molecular formula is C8H11N3O4. The monoisotopic (exact) mass is 213 g/mol. The van der Waals surface area contributed by atoms with E-state index in [1.165, 1.54) is 18.0 Å². The molecule has 0 saturated heterocycles. The van der Waals surface area contributed by atoms with Crippen LogP contribution in [0.3, 0.4) is 0 Å². The van der Waals surface area contributed by atoms with E-state index in [9.17, 15) is 14.9 Å². The van der Waals surface area contributed by atoms with Crippen LogP contribution < -0.4 is 0 Å². The van der Waals surface area contributed by atoms with Crippen LogP contribution in [0.2, 0.25) is 0 Å². The lowest BCUT2D eigenvalue weighted by molar-refractivity contribution is -0.385. The van der Waals surface area contributed by atoms with Gasteiger partial charge in [-0.1, -0.05) is 0 Å². The fraction of sp³-hybridized carbons (Fsp3) is 0.500. The molecule has 0 aromatic carbocycles. The molecule has 1 aromatic rings. The molecule has 15 heavy (non-hydrogen) atoms. The van der Waals surface area contributed by atoms with Gasteiger partial charge in [0.05, 0.1) is 25.0 Å². The number of nitrogens with zero attached hydrogens (tertiary/aromatic N) is 3. The van der Waals surface area contributed by atoms with Gasteiger partial charge in [-0.2, -0.15) is 5.10 Å². The first kappa shape index (κ1) is 11.2. The molecule has 82 valence electrons. The second kappa shape index (κ2) is 4.54. The summed E-state index contributed by atoms with van der Waals surface area (Å²) in [5, 5.41) is 14.4. The van der Waals surface area contributed by atoms with Crippen molar-refractivity contribution in [3.63, 3.8) is 0 Å². The lowest BCUT2D eigenvalue weighted by Gasteiger charge is -1.98. The molecule has 1 rings (SSSR count). The normalized spacial score (nSPS) is 10.0. The number of rotatable bonds is 4. The fourth-order valence-electron chi connectivity index (χ4n) is 1.11. The average Bonchev–Trinajstić information content (AvgIpc) is 2.56. The minimum absolute atomic E-state index is 0.0418. The molecule has 0 spiro atoms. The molecule has 1 heterocycles. The van der Waals surface area contributed by atoms with Crippen molar-refractivity contribution >= 4 is 11.7 Å². The summed E-state index contributed by atoms with van der Waals surface area (Å²) < 4.78 is 5.81. The van der Waals surface area contributed by atoms with Crippen LogP contribution in [-0.4, -0.2) is 27.8 Å². The molecule has 0 aliphatic rings. The molecule has 0 saturated carbocycles. The van der Waals surface area contributed by atoms with Crippen molar-refractivity contribution in [1.82, 2.24) is 9.78 Å². The first-order chi connectivity index (χ1) is 7.04. The van der Waals surface area contributed by atoms with Gasteiger partial charge in [-0.05, 0) is 6.92 Å². The Morgan fingerprint density at radius 1 is 1.73 bits per heavy atom. The zero-order chi connectivity index (χ0) is 11.4. The zero-order valence-corrected chi connectivity index (χ0v) is 8.47. The topological polar surface area (TPSA) is 87.3 Å². The predicted octanol–water partition coefficient (Wildman–Crippen LogP) is 0.663. The third-order valence-corrected chi connectivity index (χ3v) is 1.89. The Morgan fingerprint density at radius 3 is 2.87 bits per heavy atom. The summed E-state index contributed by atoms with van der Waals surface area (Å²) in [6, 6.07) is 0. The highest BCUT2D eigenvalue weighted by Crippen LogP contribution is 2.14. The van der Waals surface area contributed by atoms with Crippen LogP contribution in [0.1, 0.15) is 12.1 Å². The number of nitro groups is 1. The van der Waals surface area contributed by atoms with E-state index in [0.717, 1.165) is 0 Å². The zero-order valence-electron chi connectivity index (χ0n) is 8.47. The number of ether oxygens (including phenoxy) is 1. The smallest absolute Gasteiger partial charge is 0.309 e. The van der Waals surface area contributed by atoms with Gasteiger partial charge in [-0.25, -0.2) is 0 Å². The van der Waals surface area contributed by atoms with Crippen LogP contribution in [-0.2, 0) is 16.1 Å². The van der Waals surface area contributed by atoms with E-state index in [2.05, 4.69) is 9.84 Å². The van der Waals surface area contributed by atoms with E-state index in [0.29, 0.717) is 5.69 Å². The van der Waals surface area contributed by atoms with Crippen molar-refractivity contribution in [2.24, 2.45) is 0 Å². The minimum Gasteiger partial charge on any atom is -0.469 e. The highest BCUT2D eigenvalue weighted by molar-refractivity contribution is 5.68. The maximum absolute atomic E-state index is 10.8. The number of carbonyl (C=O) groups is 1. The van der Waals surface area contributed by atoms with Crippen molar-refractivity contribution in [2.75, 3.05) is 7.11 Å². The first-order valence-electron chi connectivity index (χ1n) is 4.30. The molecule has 0 bridgehead atoms. The third kappa shape index (κ3) is 2.76. The standard InChI is InChI=1S/C8H11N3O4/c1-6-7(11(13)14)5-10(9-6)4-3-8(12)15-2/h5H,3-4H2,1-2H3. The lowest BCUT2D eigenvalue weighted by atomic mass is 10.4. The van der Waals surface area contributed by atoms with Crippen LogP contribution in [0.25, 0.3) is 0 Å². The van der Waals surface area contributed by atoms with E-state index in [1.807, 2.05) is 0 Å². The molecule has 0 fully saturated rings. The van der Waals surface area contributed by atoms with Crippen molar-refractivity contribution in [3.05, 3.63) is 22.0 Å². The maximum atomic E-state index is 10.8. The highest BCUT2D eigenvalue weighted by Gasteiger charge is 2.15. The van der Waals surface area contributed by atoms with E-state index in [1.54, 1.807) is 6.92 Å². The van der Waals surface area contributed by atoms with Crippen molar-refractivity contribution in [1.29, 1.82) is 0 Å². The molecule has 0 aliphatic heterocycles. The average molecular weight is 213 g/mol. The summed E-state index contributed by atoms with van der Waals surface area (Å²) >= 11 is 0. The quantitative estimate of drug-likeness (QED) is 0.416. The molecule has 0 amide bonds. The summed E-state index contributed by atoms with van der Waals surface area (Å²) in [5.74, 6) is -0.370. The van der Waals surface area contributed by atoms with Crippen molar-refractivity contribution in [2.45, 2.75) is 19.9 Å². The number of aromatic nitrogens is 2. The van der Waals surface area contributed by atoms with Crippen LogP contribution in [0.4, 0.5) is 5.69 Å². The van der Waals surface area contributed by atoms with Crippen molar-refractivity contribution in [3.8, 4) is 0 Å². The molecule has 7 heteroatoms. The van der Waals surface area contributed by atoms with Crippen LogP contribution >= 0.6 is 0 Å². The number of esters is 1. The Labute approximate surface area is 85.8 Å². The van der Waals surface area contributed by atoms with Gasteiger partial charge in [0, 0.05) is 0 Å². The van der Waals surface area contributed by atoms with Gasteiger partial charge in [-0.15, -0.1) is 0 Å². The Bertz CT molecular complexity index is 385. The number of aryl methyl sites for hydroxylation is 2. The fourth-order valence-corrected chi connectivity index (χ4v) is 1.11. The van der Waals surface area contributed by atoms with E-state index >= 15 is 0 Å². The maximum Gasteiger partial charge on any atom is 0.309 e. The summed E-state index contributed by atoms with van der Waals surface area (Å²) in [7, 11) is 1.29. The van der Waals surface area contributed by atoms with Gasteiger partial charge < -0.3 is 4.74 Å². The lowest BCUT2D eigenvalue weighted by Crippen LogP contribution is -2.07. The summed E-state index contributed by atoms with van der Waals surface area (Å²) in [4.78, 5) is 20.8. The van der Waals surface area contributed by atoms with E-state index in [-0.39, 0.29) is 24.6 Å². The van der Waals surface area contributed by atoms with E-state index < -0.39 is 4.92 Å². The molecule has 7 nitrogen and oxygen atoms in total. The number of hydrogen-bond acceptors (Lipinski definition) is 5. The van der Waals surface area contributed by atoms with E-state index in [4.69, 9.17) is 0 Å².